The molecule has 1 aromatic rings. The first-order chi connectivity index (χ1) is 9.77. The molecule has 0 aromatic carbocycles. The highest BCUT2D eigenvalue weighted by Crippen LogP contribution is 2.24. The number of halogens is 1. The Morgan fingerprint density at radius 1 is 1.45 bits per heavy atom. The first-order valence-corrected chi connectivity index (χ1v) is 7.43. The minimum atomic E-state index is -0.194. The van der Waals surface area contributed by atoms with E-state index >= 15 is 0 Å². The van der Waals surface area contributed by atoms with Gasteiger partial charge in [-0.1, -0.05) is 0 Å². The average Bonchev–Trinajstić information content (AvgIpc) is 2.49. The highest BCUT2D eigenvalue weighted by Gasteiger charge is 2.20. The fourth-order valence-corrected chi connectivity index (χ4v) is 2.26. The zero-order valence-electron chi connectivity index (χ0n) is 11.7. The maximum atomic E-state index is 12.4. The third-order valence-corrected chi connectivity index (χ3v) is 3.39. The minimum absolute atomic E-state index is 0.194. The number of morpholine rings is 1. The molecule has 0 atom stereocenters. The molecule has 0 spiro atoms. The Bertz CT molecular complexity index is 486. The van der Waals surface area contributed by atoms with Gasteiger partial charge >= 0.3 is 5.56 Å². The quantitative estimate of drug-likeness (QED) is 0.737. The van der Waals surface area contributed by atoms with Crippen molar-refractivity contribution in [2.75, 3.05) is 43.7 Å². The summed E-state index contributed by atoms with van der Waals surface area (Å²) in [5.74, 6) is 0.877. The van der Waals surface area contributed by atoms with Crippen molar-refractivity contribution in [2.45, 2.75) is 19.9 Å². The van der Waals surface area contributed by atoms with Crippen LogP contribution in [0.3, 0.4) is 0 Å². The molecule has 112 valence electrons. The van der Waals surface area contributed by atoms with Gasteiger partial charge in [-0.05, 0) is 13.3 Å². The summed E-state index contributed by atoms with van der Waals surface area (Å²) in [6, 6.07) is 0. The molecule has 1 aromatic heterocycles. The Morgan fingerprint density at radius 2 is 2.20 bits per heavy atom. The lowest BCUT2D eigenvalue weighted by Gasteiger charge is -2.29. The lowest BCUT2D eigenvalue weighted by Crippen LogP contribution is -2.38. The summed E-state index contributed by atoms with van der Waals surface area (Å²) in [5, 5.41) is 4.22. The molecule has 0 amide bonds. The summed E-state index contributed by atoms with van der Waals surface area (Å²) in [6.45, 7) is 5.62. The van der Waals surface area contributed by atoms with Gasteiger partial charge in [0.15, 0.2) is 0 Å². The van der Waals surface area contributed by atoms with Crippen LogP contribution < -0.4 is 15.2 Å². The number of anilines is 1. The predicted molar refractivity (Wildman–Crippen MR) is 78.0 cm³/mol. The van der Waals surface area contributed by atoms with Crippen molar-refractivity contribution in [3.8, 4) is 5.75 Å². The Kier molecular flexibility index (Phi) is 5.67. The topological polar surface area (TPSA) is 56.6 Å². The SMILES string of the molecule is CCOc1c(N2CCOCC2)cnn(CCCCl)c1=O. The van der Waals surface area contributed by atoms with E-state index in [0.717, 1.165) is 18.8 Å². The maximum Gasteiger partial charge on any atom is 0.311 e. The van der Waals surface area contributed by atoms with Gasteiger partial charge in [0.1, 0.15) is 5.69 Å². The second-order valence-corrected chi connectivity index (χ2v) is 4.84. The van der Waals surface area contributed by atoms with Crippen molar-refractivity contribution < 1.29 is 9.47 Å². The van der Waals surface area contributed by atoms with Gasteiger partial charge in [-0.3, -0.25) is 4.79 Å². The molecule has 6 nitrogen and oxygen atoms in total. The van der Waals surface area contributed by atoms with Crippen LogP contribution in [0.15, 0.2) is 11.0 Å². The lowest BCUT2D eigenvalue weighted by atomic mass is 10.3. The number of hydrogen-bond donors (Lipinski definition) is 0. The van der Waals surface area contributed by atoms with E-state index in [9.17, 15) is 4.79 Å². The highest BCUT2D eigenvalue weighted by atomic mass is 35.5. The summed E-state index contributed by atoms with van der Waals surface area (Å²) in [7, 11) is 0. The van der Waals surface area contributed by atoms with E-state index in [1.807, 2.05) is 6.92 Å². The molecular weight excluding hydrogens is 282 g/mol. The van der Waals surface area contributed by atoms with Crippen molar-refractivity contribution in [2.24, 2.45) is 0 Å². The highest BCUT2D eigenvalue weighted by molar-refractivity contribution is 6.17. The summed E-state index contributed by atoms with van der Waals surface area (Å²) in [5.41, 5.74) is 0.559. The summed E-state index contributed by atoms with van der Waals surface area (Å²) < 4.78 is 12.3. The minimum Gasteiger partial charge on any atom is -0.487 e. The molecule has 7 heteroatoms. The number of aromatic nitrogens is 2. The Balaban J connectivity index is 2.31. The van der Waals surface area contributed by atoms with Crippen LogP contribution in [0.2, 0.25) is 0 Å². The third kappa shape index (κ3) is 3.43. The van der Waals surface area contributed by atoms with Crippen molar-refractivity contribution in [3.05, 3.63) is 16.6 Å². The van der Waals surface area contributed by atoms with Crippen molar-refractivity contribution in [3.63, 3.8) is 0 Å². The lowest BCUT2D eigenvalue weighted by molar-refractivity contribution is 0.122. The molecule has 1 fully saturated rings. The fraction of sp³-hybridized carbons (Fsp3) is 0.692. The van der Waals surface area contributed by atoms with Crippen LogP contribution in [-0.2, 0) is 11.3 Å². The fourth-order valence-electron chi connectivity index (χ4n) is 2.14. The first-order valence-electron chi connectivity index (χ1n) is 6.89. The standard InChI is InChI=1S/C13H20ClN3O3/c1-2-20-12-11(16-6-8-19-9-7-16)10-15-17(13(12)18)5-3-4-14/h10H,2-9H2,1H3. The first kappa shape index (κ1) is 15.1. The van der Waals surface area contributed by atoms with E-state index in [2.05, 4.69) is 10.00 Å². The normalized spacial score (nSPS) is 15.4. The molecule has 1 aliphatic heterocycles. The summed E-state index contributed by atoms with van der Waals surface area (Å²) in [4.78, 5) is 14.5. The van der Waals surface area contributed by atoms with Crippen molar-refractivity contribution in [1.82, 2.24) is 9.78 Å². The Morgan fingerprint density at radius 3 is 2.85 bits per heavy atom. The number of aryl methyl sites for hydroxylation is 1. The van der Waals surface area contributed by atoms with Crippen LogP contribution in [0, 0.1) is 0 Å². The third-order valence-electron chi connectivity index (χ3n) is 3.12. The summed E-state index contributed by atoms with van der Waals surface area (Å²) >= 11 is 5.66. The van der Waals surface area contributed by atoms with Crippen LogP contribution in [-0.4, -0.2) is 48.6 Å². The molecular formula is C13H20ClN3O3. The monoisotopic (exact) mass is 301 g/mol. The maximum absolute atomic E-state index is 12.4. The smallest absolute Gasteiger partial charge is 0.311 e. The largest absolute Gasteiger partial charge is 0.487 e. The predicted octanol–water partition coefficient (Wildman–Crippen LogP) is 1.11. The van der Waals surface area contributed by atoms with Gasteiger partial charge in [0.2, 0.25) is 5.75 Å². The van der Waals surface area contributed by atoms with E-state index in [4.69, 9.17) is 21.1 Å². The molecule has 0 unspecified atom stereocenters. The number of hydrogen-bond acceptors (Lipinski definition) is 5. The van der Waals surface area contributed by atoms with Gasteiger partial charge in [0.25, 0.3) is 0 Å². The van der Waals surface area contributed by atoms with Gasteiger partial charge in [-0.25, -0.2) is 4.68 Å². The van der Waals surface area contributed by atoms with Crippen LogP contribution >= 0.6 is 11.6 Å². The van der Waals surface area contributed by atoms with Crippen LogP contribution in [0.4, 0.5) is 5.69 Å². The van der Waals surface area contributed by atoms with Gasteiger partial charge in [-0.15, -0.1) is 11.6 Å². The number of ether oxygens (including phenoxy) is 2. The van der Waals surface area contributed by atoms with Gasteiger partial charge in [-0.2, -0.15) is 5.10 Å². The molecule has 0 N–H and O–H groups in total. The van der Waals surface area contributed by atoms with Gasteiger partial charge in [0.05, 0.1) is 26.0 Å². The molecule has 0 bridgehead atoms. The number of alkyl halides is 1. The van der Waals surface area contributed by atoms with Crippen LogP contribution in [0.25, 0.3) is 0 Å². The van der Waals surface area contributed by atoms with Gasteiger partial charge in [0, 0.05) is 25.5 Å². The molecule has 1 saturated heterocycles. The molecule has 0 saturated carbocycles. The number of rotatable bonds is 6. The number of nitrogens with zero attached hydrogens (tertiary/aromatic N) is 3. The van der Waals surface area contributed by atoms with E-state index in [1.165, 1.54) is 4.68 Å². The van der Waals surface area contributed by atoms with E-state index in [-0.39, 0.29) is 5.56 Å². The second-order valence-electron chi connectivity index (χ2n) is 4.46. The van der Waals surface area contributed by atoms with Crippen LogP contribution in [0.5, 0.6) is 5.75 Å². The van der Waals surface area contributed by atoms with Gasteiger partial charge < -0.3 is 14.4 Å². The summed E-state index contributed by atoms with van der Waals surface area (Å²) in [6.07, 6.45) is 2.41. The Hall–Kier alpha value is -1.27. The van der Waals surface area contributed by atoms with Crippen LogP contribution in [0.1, 0.15) is 13.3 Å². The Labute approximate surface area is 123 Å². The van der Waals surface area contributed by atoms with E-state index in [0.29, 0.717) is 44.4 Å². The van der Waals surface area contributed by atoms with Crippen molar-refractivity contribution >= 4 is 17.3 Å². The molecule has 20 heavy (non-hydrogen) atoms. The zero-order chi connectivity index (χ0) is 14.4. The van der Waals surface area contributed by atoms with E-state index in [1.54, 1.807) is 6.20 Å². The van der Waals surface area contributed by atoms with E-state index < -0.39 is 0 Å². The molecule has 2 rings (SSSR count). The molecule has 0 radical (unpaired) electrons. The molecule has 2 heterocycles. The van der Waals surface area contributed by atoms with Crippen molar-refractivity contribution in [1.29, 1.82) is 0 Å². The average molecular weight is 302 g/mol. The zero-order valence-corrected chi connectivity index (χ0v) is 12.4. The second kappa shape index (κ2) is 7.50. The molecule has 0 aliphatic carbocycles. The molecule has 1 aliphatic rings.